The largest absolute Gasteiger partial charge is 0.378 e. The molecule has 0 unspecified atom stereocenters. The number of sulfonamides is 1. The van der Waals surface area contributed by atoms with Gasteiger partial charge in [0.25, 0.3) is 0 Å². The lowest BCUT2D eigenvalue weighted by Crippen LogP contribution is -2.36. The van der Waals surface area contributed by atoms with E-state index in [-0.39, 0.29) is 11.4 Å². The predicted molar refractivity (Wildman–Crippen MR) is 95.2 cm³/mol. The maximum absolute atomic E-state index is 12.1. The summed E-state index contributed by atoms with van der Waals surface area (Å²) in [5, 5.41) is 11.1. The zero-order valence-corrected chi connectivity index (χ0v) is 14.6. The van der Waals surface area contributed by atoms with Gasteiger partial charge in [-0.25, -0.2) is 13.1 Å². The first-order chi connectivity index (χ1) is 12.1. The minimum Gasteiger partial charge on any atom is -0.378 e. The average Bonchev–Trinajstić information content (AvgIpc) is 2.67. The highest BCUT2D eigenvalue weighted by atomic mass is 32.2. The van der Waals surface area contributed by atoms with Crippen molar-refractivity contribution < 1.29 is 13.2 Å². The molecule has 1 saturated heterocycles. The fourth-order valence-electron chi connectivity index (χ4n) is 2.50. The summed E-state index contributed by atoms with van der Waals surface area (Å²) < 4.78 is 32.1. The molecule has 0 bridgehead atoms. The fourth-order valence-corrected chi connectivity index (χ4v) is 3.55. The van der Waals surface area contributed by atoms with E-state index in [4.69, 9.17) is 4.74 Å². The third-order valence-corrected chi connectivity index (χ3v) is 5.27. The van der Waals surface area contributed by atoms with E-state index >= 15 is 0 Å². The number of aromatic nitrogens is 2. The fraction of sp³-hybridized carbons (Fsp3) is 0.375. The van der Waals surface area contributed by atoms with Gasteiger partial charge in [-0.05, 0) is 12.1 Å². The van der Waals surface area contributed by atoms with Gasteiger partial charge in [-0.2, -0.15) is 5.10 Å². The molecule has 0 saturated carbocycles. The third-order valence-electron chi connectivity index (χ3n) is 3.79. The van der Waals surface area contributed by atoms with Crippen LogP contribution in [-0.4, -0.2) is 58.0 Å². The van der Waals surface area contributed by atoms with Gasteiger partial charge in [-0.15, -0.1) is 5.10 Å². The summed E-state index contributed by atoms with van der Waals surface area (Å²) in [7, 11) is -3.49. The van der Waals surface area contributed by atoms with Crippen molar-refractivity contribution in [2.24, 2.45) is 0 Å². The van der Waals surface area contributed by atoms with Crippen molar-refractivity contribution in [3.63, 3.8) is 0 Å². The zero-order valence-electron chi connectivity index (χ0n) is 13.8. The highest BCUT2D eigenvalue weighted by molar-refractivity contribution is 7.89. The second kappa shape index (κ2) is 8.24. The van der Waals surface area contributed by atoms with E-state index in [0.717, 1.165) is 18.8 Å². The Balaban J connectivity index is 1.51. The molecule has 1 aliphatic heterocycles. The first-order valence-electron chi connectivity index (χ1n) is 8.09. The van der Waals surface area contributed by atoms with Crippen molar-refractivity contribution in [2.75, 3.05) is 49.6 Å². The van der Waals surface area contributed by atoms with Gasteiger partial charge in [0.2, 0.25) is 10.0 Å². The van der Waals surface area contributed by atoms with Crippen molar-refractivity contribution >= 4 is 21.5 Å². The van der Waals surface area contributed by atoms with Gasteiger partial charge in [-0.3, -0.25) is 0 Å². The van der Waals surface area contributed by atoms with Crippen LogP contribution in [0.25, 0.3) is 0 Å². The Hall–Kier alpha value is -2.23. The first kappa shape index (κ1) is 17.6. The summed E-state index contributed by atoms with van der Waals surface area (Å²) in [6, 6.07) is 10.2. The molecule has 2 N–H and O–H groups in total. The molecule has 2 heterocycles. The smallest absolute Gasteiger partial charge is 0.240 e. The quantitative estimate of drug-likeness (QED) is 0.699. The number of ether oxygens (including phenoxy) is 1. The number of nitrogens with zero attached hydrogens (tertiary/aromatic N) is 3. The molecule has 9 heteroatoms. The van der Waals surface area contributed by atoms with E-state index in [1.807, 2.05) is 6.07 Å². The predicted octanol–water partition coefficient (Wildman–Crippen LogP) is 0.704. The molecule has 1 aromatic carbocycles. The van der Waals surface area contributed by atoms with Crippen LogP contribution in [0.5, 0.6) is 0 Å². The van der Waals surface area contributed by atoms with Gasteiger partial charge >= 0.3 is 0 Å². The van der Waals surface area contributed by atoms with Crippen molar-refractivity contribution in [3.05, 3.63) is 42.6 Å². The summed E-state index contributed by atoms with van der Waals surface area (Å²) >= 11 is 0. The van der Waals surface area contributed by atoms with Gasteiger partial charge in [0.1, 0.15) is 0 Å². The van der Waals surface area contributed by atoms with E-state index in [9.17, 15) is 8.42 Å². The Bertz CT molecular complexity index is 779. The highest BCUT2D eigenvalue weighted by Gasteiger charge is 2.13. The number of nitrogens with one attached hydrogen (secondary N) is 2. The van der Waals surface area contributed by atoms with Crippen LogP contribution in [0.2, 0.25) is 0 Å². The summed E-state index contributed by atoms with van der Waals surface area (Å²) in [5.41, 5.74) is 0.977. The van der Waals surface area contributed by atoms with Crippen LogP contribution in [-0.2, 0) is 14.8 Å². The first-order valence-corrected chi connectivity index (χ1v) is 9.57. The molecule has 8 nitrogen and oxygen atoms in total. The summed E-state index contributed by atoms with van der Waals surface area (Å²) in [6.07, 6.45) is 1.72. The van der Waals surface area contributed by atoms with E-state index in [2.05, 4.69) is 25.1 Å². The molecule has 1 fully saturated rings. The van der Waals surface area contributed by atoms with Gasteiger partial charge in [-0.1, -0.05) is 18.2 Å². The molecule has 25 heavy (non-hydrogen) atoms. The highest BCUT2D eigenvalue weighted by Crippen LogP contribution is 2.16. The molecule has 1 aromatic heterocycles. The lowest BCUT2D eigenvalue weighted by Gasteiger charge is -2.28. The van der Waals surface area contributed by atoms with Crippen molar-refractivity contribution in [1.29, 1.82) is 0 Å². The number of hydrogen-bond donors (Lipinski definition) is 2. The standard InChI is InChI=1S/C16H21N5O3S/c22-25(23,15-4-2-1-3-5-15)19-7-6-17-16-12-14(13-18-20-16)21-8-10-24-11-9-21/h1-5,12-13,19H,6-11H2,(H,17,20). The van der Waals surface area contributed by atoms with Crippen LogP contribution < -0.4 is 14.9 Å². The lowest BCUT2D eigenvalue weighted by atomic mass is 10.3. The van der Waals surface area contributed by atoms with Gasteiger partial charge < -0.3 is 15.0 Å². The maximum atomic E-state index is 12.1. The van der Waals surface area contributed by atoms with Gasteiger partial charge in [0.05, 0.1) is 30.0 Å². The molecule has 2 aromatic rings. The summed E-state index contributed by atoms with van der Waals surface area (Å²) in [6.45, 7) is 3.71. The second-order valence-corrected chi connectivity index (χ2v) is 7.30. The van der Waals surface area contributed by atoms with Crippen molar-refractivity contribution in [3.8, 4) is 0 Å². The summed E-state index contributed by atoms with van der Waals surface area (Å²) in [5.74, 6) is 0.614. The Labute approximate surface area is 147 Å². The normalized spacial score (nSPS) is 15.1. The van der Waals surface area contributed by atoms with Gasteiger partial charge in [0.15, 0.2) is 5.82 Å². The molecule has 3 rings (SSSR count). The number of rotatable bonds is 7. The molecule has 0 atom stereocenters. The van der Waals surface area contributed by atoms with E-state index in [0.29, 0.717) is 25.6 Å². The number of morpholine rings is 1. The maximum Gasteiger partial charge on any atom is 0.240 e. The minimum absolute atomic E-state index is 0.251. The molecular formula is C16H21N5O3S. The van der Waals surface area contributed by atoms with Crippen LogP contribution in [0.4, 0.5) is 11.5 Å². The number of anilines is 2. The van der Waals surface area contributed by atoms with Crippen LogP contribution in [0.1, 0.15) is 0 Å². The van der Waals surface area contributed by atoms with Crippen LogP contribution in [0.3, 0.4) is 0 Å². The van der Waals surface area contributed by atoms with Gasteiger partial charge in [0, 0.05) is 32.2 Å². The van der Waals surface area contributed by atoms with Crippen molar-refractivity contribution in [2.45, 2.75) is 4.90 Å². The lowest BCUT2D eigenvalue weighted by molar-refractivity contribution is 0.122. The SMILES string of the molecule is O=S(=O)(NCCNc1cc(N2CCOCC2)cnn1)c1ccccc1. The second-order valence-electron chi connectivity index (χ2n) is 5.54. The molecule has 0 amide bonds. The monoisotopic (exact) mass is 363 g/mol. The van der Waals surface area contributed by atoms with E-state index in [1.165, 1.54) is 0 Å². The van der Waals surface area contributed by atoms with E-state index < -0.39 is 10.0 Å². The van der Waals surface area contributed by atoms with Crippen LogP contribution >= 0.6 is 0 Å². The Kier molecular flexibility index (Phi) is 5.79. The molecule has 0 spiro atoms. The third kappa shape index (κ3) is 4.88. The number of benzene rings is 1. The zero-order chi connectivity index (χ0) is 17.5. The number of hydrogen-bond acceptors (Lipinski definition) is 7. The molecule has 1 aliphatic rings. The molecule has 134 valence electrons. The van der Waals surface area contributed by atoms with Crippen LogP contribution in [0, 0.1) is 0 Å². The van der Waals surface area contributed by atoms with Crippen LogP contribution in [0.15, 0.2) is 47.5 Å². The Morgan fingerprint density at radius 3 is 2.64 bits per heavy atom. The van der Waals surface area contributed by atoms with Crippen molar-refractivity contribution in [1.82, 2.24) is 14.9 Å². The van der Waals surface area contributed by atoms with E-state index in [1.54, 1.807) is 36.5 Å². The molecule has 0 radical (unpaired) electrons. The Morgan fingerprint density at radius 1 is 1.12 bits per heavy atom. The molecular weight excluding hydrogens is 342 g/mol. The average molecular weight is 363 g/mol. The summed E-state index contributed by atoms with van der Waals surface area (Å²) in [4.78, 5) is 2.44. The Morgan fingerprint density at radius 2 is 1.88 bits per heavy atom. The minimum atomic E-state index is -3.49. The topological polar surface area (TPSA) is 96.5 Å². The molecule has 0 aliphatic carbocycles.